The molecule has 5 heteroatoms. The van der Waals surface area contributed by atoms with Crippen LogP contribution in [0, 0.1) is 0 Å². The zero-order valence-corrected chi connectivity index (χ0v) is 12.1. The van der Waals surface area contributed by atoms with E-state index in [4.69, 9.17) is 4.74 Å². The Kier molecular flexibility index (Phi) is 6.32. The Morgan fingerprint density at radius 1 is 1.44 bits per heavy atom. The summed E-state index contributed by atoms with van der Waals surface area (Å²) >= 11 is 3.34. The van der Waals surface area contributed by atoms with Crippen molar-refractivity contribution in [3.05, 3.63) is 34.3 Å². The van der Waals surface area contributed by atoms with E-state index in [1.165, 1.54) is 0 Å². The molecule has 100 valence electrons. The van der Waals surface area contributed by atoms with Crippen LogP contribution < -0.4 is 5.32 Å². The lowest BCUT2D eigenvalue weighted by molar-refractivity contribution is -0.123. The lowest BCUT2D eigenvalue weighted by atomic mass is 10.0. The van der Waals surface area contributed by atoms with Gasteiger partial charge in [0.25, 0.3) is 0 Å². The van der Waals surface area contributed by atoms with E-state index in [0.29, 0.717) is 13.0 Å². The first-order valence-corrected chi connectivity index (χ1v) is 6.55. The summed E-state index contributed by atoms with van der Waals surface area (Å²) in [5, 5.41) is 12.8. The molecule has 0 radical (unpaired) electrons. The summed E-state index contributed by atoms with van der Waals surface area (Å²) in [5.41, 5.74) is 0.776. The van der Waals surface area contributed by atoms with Gasteiger partial charge in [-0.3, -0.25) is 4.79 Å². The third-order valence-electron chi connectivity index (χ3n) is 2.61. The molecule has 0 aliphatic heterocycles. The van der Waals surface area contributed by atoms with Crippen LogP contribution in [0.15, 0.2) is 28.7 Å². The molecule has 0 saturated heterocycles. The van der Waals surface area contributed by atoms with E-state index in [2.05, 4.69) is 21.2 Å². The van der Waals surface area contributed by atoms with Crippen molar-refractivity contribution in [1.29, 1.82) is 0 Å². The first-order valence-electron chi connectivity index (χ1n) is 5.76. The lowest BCUT2D eigenvalue weighted by Crippen LogP contribution is -2.37. The predicted octanol–water partition coefficient (Wildman–Crippen LogP) is 2.02. The van der Waals surface area contributed by atoms with Crippen LogP contribution in [0.1, 0.15) is 25.0 Å². The summed E-state index contributed by atoms with van der Waals surface area (Å²) in [5.74, 6) is -0.125. The number of aliphatic hydroxyl groups excluding tert-OH is 1. The van der Waals surface area contributed by atoms with Crippen LogP contribution in [-0.2, 0) is 9.53 Å². The summed E-state index contributed by atoms with van der Waals surface area (Å²) in [6, 6.07) is 7.03. The fourth-order valence-electron chi connectivity index (χ4n) is 1.55. The summed E-state index contributed by atoms with van der Waals surface area (Å²) in [6.07, 6.45) is -0.418. The minimum absolute atomic E-state index is 0.125. The fourth-order valence-corrected chi connectivity index (χ4v) is 1.81. The molecule has 0 bridgehead atoms. The number of amides is 1. The fraction of sp³-hybridized carbons (Fsp3) is 0.462. The van der Waals surface area contributed by atoms with E-state index in [-0.39, 0.29) is 11.9 Å². The van der Waals surface area contributed by atoms with Crippen molar-refractivity contribution in [2.45, 2.75) is 25.5 Å². The maximum atomic E-state index is 11.5. The van der Waals surface area contributed by atoms with Crippen LogP contribution in [0.25, 0.3) is 0 Å². The van der Waals surface area contributed by atoms with Crippen LogP contribution in [0.2, 0.25) is 0 Å². The minimum Gasteiger partial charge on any atom is -0.386 e. The van der Waals surface area contributed by atoms with Gasteiger partial charge in [-0.1, -0.05) is 28.1 Å². The topological polar surface area (TPSA) is 58.6 Å². The summed E-state index contributed by atoms with van der Waals surface area (Å²) in [4.78, 5) is 11.5. The van der Waals surface area contributed by atoms with Gasteiger partial charge in [0.1, 0.15) is 0 Å². The molecular formula is C13H18BrNO3. The SMILES string of the molecule is COCCC(=O)N[C@H](C)[C@@H](O)c1ccc(Br)cc1. The molecule has 18 heavy (non-hydrogen) atoms. The maximum Gasteiger partial charge on any atom is 0.222 e. The van der Waals surface area contributed by atoms with Crippen molar-refractivity contribution in [3.63, 3.8) is 0 Å². The first kappa shape index (κ1) is 15.1. The summed E-state index contributed by atoms with van der Waals surface area (Å²) in [6.45, 7) is 2.16. The van der Waals surface area contributed by atoms with Crippen molar-refractivity contribution >= 4 is 21.8 Å². The van der Waals surface area contributed by atoms with Crippen molar-refractivity contribution in [2.24, 2.45) is 0 Å². The lowest BCUT2D eigenvalue weighted by Gasteiger charge is -2.20. The molecule has 0 aromatic heterocycles. The molecule has 0 heterocycles. The molecule has 2 N–H and O–H groups in total. The number of methoxy groups -OCH3 is 1. The molecule has 2 atom stereocenters. The Hall–Kier alpha value is -0.910. The van der Waals surface area contributed by atoms with E-state index >= 15 is 0 Å². The van der Waals surface area contributed by atoms with Gasteiger partial charge in [0, 0.05) is 18.0 Å². The van der Waals surface area contributed by atoms with E-state index in [1.54, 1.807) is 14.0 Å². The quantitative estimate of drug-likeness (QED) is 0.844. The first-order chi connectivity index (χ1) is 8.54. The molecule has 1 aromatic carbocycles. The van der Waals surface area contributed by atoms with Gasteiger partial charge in [0.05, 0.1) is 18.8 Å². The molecular weight excluding hydrogens is 298 g/mol. The highest BCUT2D eigenvalue weighted by Gasteiger charge is 2.18. The van der Waals surface area contributed by atoms with E-state index in [9.17, 15) is 9.90 Å². The standard InChI is InChI=1S/C13H18BrNO3/c1-9(15-12(16)7-8-18-2)13(17)10-3-5-11(14)6-4-10/h3-6,9,13,17H,7-8H2,1-2H3,(H,15,16)/t9-,13-/m1/s1. The smallest absolute Gasteiger partial charge is 0.222 e. The average Bonchev–Trinajstić information content (AvgIpc) is 2.36. The molecule has 0 aliphatic rings. The van der Waals surface area contributed by atoms with Gasteiger partial charge >= 0.3 is 0 Å². The molecule has 0 spiro atoms. The average molecular weight is 316 g/mol. The second kappa shape index (κ2) is 7.51. The number of hydrogen-bond acceptors (Lipinski definition) is 3. The number of benzene rings is 1. The zero-order valence-electron chi connectivity index (χ0n) is 10.5. The third kappa shape index (κ3) is 4.76. The van der Waals surface area contributed by atoms with Crippen LogP contribution >= 0.6 is 15.9 Å². The largest absolute Gasteiger partial charge is 0.386 e. The van der Waals surface area contributed by atoms with Crippen LogP contribution in [-0.4, -0.2) is 30.8 Å². The Morgan fingerprint density at radius 2 is 2.06 bits per heavy atom. The van der Waals surface area contributed by atoms with Gasteiger partial charge in [-0.15, -0.1) is 0 Å². The van der Waals surface area contributed by atoms with Crippen molar-refractivity contribution in [2.75, 3.05) is 13.7 Å². The van der Waals surface area contributed by atoms with Crippen LogP contribution in [0.3, 0.4) is 0 Å². The molecule has 1 amide bonds. The van der Waals surface area contributed by atoms with E-state index in [1.807, 2.05) is 24.3 Å². The van der Waals surface area contributed by atoms with E-state index < -0.39 is 6.10 Å². The minimum atomic E-state index is -0.718. The van der Waals surface area contributed by atoms with Gasteiger partial charge in [0.15, 0.2) is 0 Å². The second-order valence-electron chi connectivity index (χ2n) is 4.10. The highest BCUT2D eigenvalue weighted by atomic mass is 79.9. The second-order valence-corrected chi connectivity index (χ2v) is 5.01. The number of ether oxygens (including phenoxy) is 1. The Bertz CT molecular complexity index is 380. The number of aliphatic hydroxyl groups is 1. The Labute approximate surface area is 115 Å². The number of carbonyl (C=O) groups is 1. The van der Waals surface area contributed by atoms with Gasteiger partial charge in [-0.05, 0) is 24.6 Å². The Balaban J connectivity index is 2.53. The number of carbonyl (C=O) groups excluding carboxylic acids is 1. The molecule has 0 unspecified atom stereocenters. The highest BCUT2D eigenvalue weighted by molar-refractivity contribution is 9.10. The van der Waals surface area contributed by atoms with Gasteiger partial charge in [-0.25, -0.2) is 0 Å². The van der Waals surface area contributed by atoms with E-state index in [0.717, 1.165) is 10.0 Å². The molecule has 0 fully saturated rings. The van der Waals surface area contributed by atoms with Gasteiger partial charge in [0.2, 0.25) is 5.91 Å². The molecule has 4 nitrogen and oxygen atoms in total. The van der Waals surface area contributed by atoms with Gasteiger partial charge < -0.3 is 15.2 Å². The Morgan fingerprint density at radius 3 is 2.61 bits per heavy atom. The molecule has 1 aromatic rings. The number of hydrogen-bond donors (Lipinski definition) is 2. The number of nitrogens with one attached hydrogen (secondary N) is 1. The summed E-state index contributed by atoms with van der Waals surface area (Å²) < 4.78 is 5.78. The van der Waals surface area contributed by atoms with Crippen molar-refractivity contribution < 1.29 is 14.6 Å². The van der Waals surface area contributed by atoms with Crippen molar-refractivity contribution in [3.8, 4) is 0 Å². The third-order valence-corrected chi connectivity index (χ3v) is 3.14. The molecule has 1 rings (SSSR count). The zero-order chi connectivity index (χ0) is 13.5. The van der Waals surface area contributed by atoms with Gasteiger partial charge in [-0.2, -0.15) is 0 Å². The normalized spacial score (nSPS) is 14.0. The predicted molar refractivity (Wildman–Crippen MR) is 73.2 cm³/mol. The monoisotopic (exact) mass is 315 g/mol. The van der Waals surface area contributed by atoms with Crippen LogP contribution in [0.4, 0.5) is 0 Å². The highest BCUT2D eigenvalue weighted by Crippen LogP contribution is 2.19. The van der Waals surface area contributed by atoms with Crippen molar-refractivity contribution in [1.82, 2.24) is 5.32 Å². The van der Waals surface area contributed by atoms with Crippen LogP contribution in [0.5, 0.6) is 0 Å². The number of halogens is 1. The number of rotatable bonds is 6. The molecule has 0 saturated carbocycles. The molecule has 0 aliphatic carbocycles. The maximum absolute atomic E-state index is 11.5. The summed E-state index contributed by atoms with van der Waals surface area (Å²) in [7, 11) is 1.55.